The number of nitrogens with zero attached hydrogens (tertiary/aromatic N) is 1. The van der Waals surface area contributed by atoms with Crippen molar-refractivity contribution in [1.29, 1.82) is 0 Å². The Bertz CT molecular complexity index is 156. The predicted molar refractivity (Wildman–Crippen MR) is 43.4 cm³/mol. The fourth-order valence-corrected chi connectivity index (χ4v) is 0.493. The van der Waals surface area contributed by atoms with E-state index >= 15 is 0 Å². The van der Waals surface area contributed by atoms with Gasteiger partial charge in [0.15, 0.2) is 0 Å². The highest BCUT2D eigenvalue weighted by atomic mass is 79.9. The zero-order valence-corrected chi connectivity index (χ0v) is 7.07. The van der Waals surface area contributed by atoms with Gasteiger partial charge in [0.2, 0.25) is 0 Å². The fraction of sp³-hybridized carbons (Fsp3) is 0.400. The van der Waals surface area contributed by atoms with Gasteiger partial charge in [0.1, 0.15) is 5.84 Å². The second kappa shape index (κ2) is 3.50. The van der Waals surface area contributed by atoms with E-state index in [1.54, 1.807) is 14.0 Å². The molecule has 0 aliphatic rings. The maximum atomic E-state index is 5.40. The zero-order chi connectivity index (χ0) is 7.44. The molecular formula is C5H10BrN3. The highest BCUT2D eigenvalue weighted by Gasteiger charge is 1.96. The Balaban J connectivity index is 4.40. The molecular weight excluding hydrogens is 182 g/mol. The lowest BCUT2D eigenvalue weighted by atomic mass is 10.3. The predicted octanol–water partition coefficient (Wildman–Crippen LogP) is 0.559. The van der Waals surface area contributed by atoms with E-state index in [4.69, 9.17) is 11.5 Å². The van der Waals surface area contributed by atoms with Crippen LogP contribution < -0.4 is 11.5 Å². The highest BCUT2D eigenvalue weighted by Crippen LogP contribution is 2.03. The Morgan fingerprint density at radius 1 is 1.44 bits per heavy atom. The second-order valence-electron chi connectivity index (χ2n) is 1.58. The third kappa shape index (κ3) is 2.51. The molecule has 0 unspecified atom stereocenters. The molecule has 9 heavy (non-hydrogen) atoms. The molecule has 0 bridgehead atoms. The Morgan fingerprint density at radius 3 is 2.00 bits per heavy atom. The summed E-state index contributed by atoms with van der Waals surface area (Å²) in [6.45, 7) is 1.80. The first-order valence-electron chi connectivity index (χ1n) is 2.44. The maximum absolute atomic E-state index is 5.40. The third-order valence-electron chi connectivity index (χ3n) is 0.983. The molecule has 0 aromatic rings. The van der Waals surface area contributed by atoms with Crippen LogP contribution in [0, 0.1) is 0 Å². The van der Waals surface area contributed by atoms with Crippen LogP contribution in [-0.4, -0.2) is 12.9 Å². The molecule has 52 valence electrons. The van der Waals surface area contributed by atoms with Gasteiger partial charge < -0.3 is 11.5 Å². The maximum Gasteiger partial charge on any atom is 0.123 e. The van der Waals surface area contributed by atoms with Gasteiger partial charge in [-0.2, -0.15) is 0 Å². The van der Waals surface area contributed by atoms with Crippen LogP contribution in [0.2, 0.25) is 0 Å². The molecule has 3 nitrogen and oxygen atoms in total. The first-order chi connectivity index (χ1) is 4.09. The number of halogens is 1. The van der Waals surface area contributed by atoms with Gasteiger partial charge >= 0.3 is 0 Å². The van der Waals surface area contributed by atoms with Gasteiger partial charge in [-0.25, -0.2) is 0 Å². The quantitative estimate of drug-likeness (QED) is 0.362. The molecule has 0 amide bonds. The molecule has 0 aromatic carbocycles. The molecule has 0 saturated heterocycles. The topological polar surface area (TPSA) is 64.4 Å². The van der Waals surface area contributed by atoms with Gasteiger partial charge in [-0.1, -0.05) is 0 Å². The SMILES string of the molecule is CN=C(N)/C(C)=C(/N)Br. The minimum absolute atomic E-state index is 0.462. The summed E-state index contributed by atoms with van der Waals surface area (Å²) in [5.74, 6) is 0.462. The van der Waals surface area contributed by atoms with Gasteiger partial charge in [-0.3, -0.25) is 4.99 Å². The van der Waals surface area contributed by atoms with Crippen molar-refractivity contribution < 1.29 is 0 Å². The molecule has 0 saturated carbocycles. The van der Waals surface area contributed by atoms with E-state index in [1.165, 1.54) is 0 Å². The molecule has 0 fully saturated rings. The van der Waals surface area contributed by atoms with E-state index in [9.17, 15) is 0 Å². The summed E-state index contributed by atoms with van der Waals surface area (Å²) in [7, 11) is 1.62. The summed E-state index contributed by atoms with van der Waals surface area (Å²) < 4.78 is 0.533. The van der Waals surface area contributed by atoms with E-state index in [0.29, 0.717) is 10.4 Å². The second-order valence-corrected chi connectivity index (χ2v) is 2.44. The van der Waals surface area contributed by atoms with Crippen molar-refractivity contribution in [3.05, 3.63) is 10.2 Å². The standard InChI is InChI=1S/C5H10BrN3/c1-3(4(6)7)5(8)9-2/h7H2,1-2H3,(H2,8,9)/b4-3+. The summed E-state index contributed by atoms with van der Waals surface area (Å²) in [4.78, 5) is 3.74. The molecule has 0 aromatic heterocycles. The summed E-state index contributed by atoms with van der Waals surface area (Å²) >= 11 is 3.08. The highest BCUT2D eigenvalue weighted by molar-refractivity contribution is 9.11. The van der Waals surface area contributed by atoms with Crippen molar-refractivity contribution in [2.24, 2.45) is 16.5 Å². The molecule has 4 heteroatoms. The van der Waals surface area contributed by atoms with Gasteiger partial charge in [-0.15, -0.1) is 0 Å². The average molecular weight is 192 g/mol. The number of nitrogens with two attached hydrogens (primary N) is 2. The Labute approximate surface area is 63.0 Å². The van der Waals surface area contributed by atoms with Crippen LogP contribution in [0.4, 0.5) is 0 Å². The first kappa shape index (κ1) is 8.49. The van der Waals surface area contributed by atoms with Crippen LogP contribution in [0.3, 0.4) is 0 Å². The van der Waals surface area contributed by atoms with E-state index in [-0.39, 0.29) is 0 Å². The number of aliphatic imine (C=N–C) groups is 1. The number of hydrogen-bond acceptors (Lipinski definition) is 2. The van der Waals surface area contributed by atoms with Crippen molar-refractivity contribution in [3.8, 4) is 0 Å². The van der Waals surface area contributed by atoms with Gasteiger partial charge in [0.05, 0.1) is 4.61 Å². The molecule has 0 spiro atoms. The number of rotatable bonds is 1. The fourth-order valence-electron chi connectivity index (χ4n) is 0.290. The summed E-state index contributed by atoms with van der Waals surface area (Å²) in [5.41, 5.74) is 11.5. The lowest BCUT2D eigenvalue weighted by Gasteiger charge is -1.98. The zero-order valence-electron chi connectivity index (χ0n) is 5.48. The van der Waals surface area contributed by atoms with Gasteiger partial charge in [-0.05, 0) is 22.9 Å². The largest absolute Gasteiger partial charge is 0.393 e. The normalized spacial score (nSPS) is 15.2. The van der Waals surface area contributed by atoms with Crippen molar-refractivity contribution in [2.45, 2.75) is 6.92 Å². The molecule has 0 aliphatic carbocycles. The van der Waals surface area contributed by atoms with Crippen LogP contribution in [-0.2, 0) is 0 Å². The van der Waals surface area contributed by atoms with Gasteiger partial charge in [0, 0.05) is 12.6 Å². The first-order valence-corrected chi connectivity index (χ1v) is 3.23. The van der Waals surface area contributed by atoms with E-state index < -0.39 is 0 Å². The number of amidine groups is 1. The minimum atomic E-state index is 0.462. The smallest absolute Gasteiger partial charge is 0.123 e. The van der Waals surface area contributed by atoms with Crippen molar-refractivity contribution in [1.82, 2.24) is 0 Å². The molecule has 0 atom stereocenters. The Hall–Kier alpha value is -0.510. The summed E-state index contributed by atoms with van der Waals surface area (Å²) in [5, 5.41) is 0. The number of hydrogen-bond donors (Lipinski definition) is 2. The molecule has 0 heterocycles. The van der Waals surface area contributed by atoms with Crippen LogP contribution in [0.25, 0.3) is 0 Å². The van der Waals surface area contributed by atoms with E-state index in [2.05, 4.69) is 20.9 Å². The molecule has 0 radical (unpaired) electrons. The van der Waals surface area contributed by atoms with Crippen molar-refractivity contribution in [3.63, 3.8) is 0 Å². The van der Waals surface area contributed by atoms with Crippen LogP contribution >= 0.6 is 15.9 Å². The minimum Gasteiger partial charge on any atom is -0.393 e. The van der Waals surface area contributed by atoms with Crippen LogP contribution in [0.5, 0.6) is 0 Å². The lowest BCUT2D eigenvalue weighted by molar-refractivity contribution is 1.34. The lowest BCUT2D eigenvalue weighted by Crippen LogP contribution is -2.15. The van der Waals surface area contributed by atoms with Gasteiger partial charge in [0.25, 0.3) is 0 Å². The van der Waals surface area contributed by atoms with Crippen molar-refractivity contribution >= 4 is 21.8 Å². The summed E-state index contributed by atoms with van der Waals surface area (Å²) in [6.07, 6.45) is 0. The van der Waals surface area contributed by atoms with E-state index in [1.807, 2.05) is 0 Å². The van der Waals surface area contributed by atoms with Crippen LogP contribution in [0.1, 0.15) is 6.92 Å². The van der Waals surface area contributed by atoms with Crippen molar-refractivity contribution in [2.75, 3.05) is 7.05 Å². The summed E-state index contributed by atoms with van der Waals surface area (Å²) in [6, 6.07) is 0. The average Bonchev–Trinajstić information content (AvgIpc) is 1.84. The molecule has 4 N–H and O–H groups in total. The Morgan fingerprint density at radius 2 is 1.89 bits per heavy atom. The molecule has 0 rings (SSSR count). The Kier molecular flexibility index (Phi) is 3.30. The monoisotopic (exact) mass is 191 g/mol. The van der Waals surface area contributed by atoms with Crippen LogP contribution in [0.15, 0.2) is 15.2 Å². The molecule has 0 aliphatic heterocycles. The third-order valence-corrected chi connectivity index (χ3v) is 1.58. The van der Waals surface area contributed by atoms with E-state index in [0.717, 1.165) is 5.57 Å².